The lowest BCUT2D eigenvalue weighted by atomic mass is 9.91. The normalized spacial score (nSPS) is 21.8. The van der Waals surface area contributed by atoms with E-state index in [0.29, 0.717) is 11.1 Å². The number of hydrogen-bond donors (Lipinski definition) is 0. The van der Waals surface area contributed by atoms with Crippen LogP contribution in [0, 0.1) is 0 Å². The molecule has 1 aliphatic rings. The first-order valence-corrected chi connectivity index (χ1v) is 4.86. The van der Waals surface area contributed by atoms with Crippen molar-refractivity contribution in [3.8, 4) is 0 Å². The molecule has 0 saturated carbocycles. The van der Waals surface area contributed by atoms with Crippen molar-refractivity contribution in [2.45, 2.75) is 25.2 Å². The highest BCUT2D eigenvalue weighted by atomic mass is 35.5. The van der Waals surface area contributed by atoms with E-state index < -0.39 is 0 Å². The van der Waals surface area contributed by atoms with Crippen LogP contribution in [0.2, 0.25) is 5.15 Å². The van der Waals surface area contributed by atoms with E-state index in [2.05, 4.69) is 22.1 Å². The summed E-state index contributed by atoms with van der Waals surface area (Å²) in [5, 5.41) is 0.541. The fraction of sp³-hybridized carbons (Fsp3) is 0.400. The zero-order chi connectivity index (χ0) is 9.10. The molecule has 1 unspecified atom stereocenters. The van der Waals surface area contributed by atoms with Crippen molar-refractivity contribution < 1.29 is 0 Å². The van der Waals surface area contributed by atoms with Gasteiger partial charge in [0.05, 0.1) is 0 Å². The van der Waals surface area contributed by atoms with Crippen LogP contribution in [-0.4, -0.2) is 9.97 Å². The second-order valence-electron chi connectivity index (χ2n) is 3.25. The van der Waals surface area contributed by atoms with Crippen molar-refractivity contribution in [3.63, 3.8) is 0 Å². The first-order valence-electron chi connectivity index (χ1n) is 4.48. The van der Waals surface area contributed by atoms with E-state index in [1.165, 1.54) is 12.7 Å². The molecule has 0 fully saturated rings. The lowest BCUT2D eigenvalue weighted by Crippen LogP contribution is -2.03. The van der Waals surface area contributed by atoms with Crippen LogP contribution < -0.4 is 0 Å². The smallest absolute Gasteiger partial charge is 0.132 e. The van der Waals surface area contributed by atoms with Crippen molar-refractivity contribution >= 4 is 11.6 Å². The molecule has 2 rings (SSSR count). The third-order valence-corrected chi connectivity index (χ3v) is 2.55. The summed E-state index contributed by atoms with van der Waals surface area (Å²) in [6, 6.07) is 1.87. The van der Waals surface area contributed by atoms with E-state index in [-0.39, 0.29) is 0 Å². The first-order chi connectivity index (χ1) is 6.36. The predicted molar refractivity (Wildman–Crippen MR) is 52.8 cm³/mol. The molecule has 0 spiro atoms. The zero-order valence-electron chi connectivity index (χ0n) is 7.28. The molecule has 0 saturated heterocycles. The van der Waals surface area contributed by atoms with Gasteiger partial charge < -0.3 is 0 Å². The molecule has 1 aromatic rings. The highest BCUT2D eigenvalue weighted by Crippen LogP contribution is 2.27. The molecule has 68 valence electrons. The zero-order valence-corrected chi connectivity index (χ0v) is 8.04. The van der Waals surface area contributed by atoms with Gasteiger partial charge in [-0.3, -0.25) is 0 Å². The Labute approximate surface area is 82.7 Å². The van der Waals surface area contributed by atoms with Crippen LogP contribution in [0.4, 0.5) is 0 Å². The van der Waals surface area contributed by atoms with Gasteiger partial charge in [-0.15, -0.1) is 0 Å². The Morgan fingerprint density at radius 1 is 1.31 bits per heavy atom. The second-order valence-corrected chi connectivity index (χ2v) is 3.63. The number of nitrogens with zero attached hydrogens (tertiary/aromatic N) is 2. The molecule has 0 aromatic carbocycles. The van der Waals surface area contributed by atoms with Crippen LogP contribution in [0.3, 0.4) is 0 Å². The molecule has 0 aliphatic heterocycles. The fourth-order valence-electron chi connectivity index (χ4n) is 1.63. The number of halogens is 1. The quantitative estimate of drug-likeness (QED) is 0.508. The maximum atomic E-state index is 5.79. The Bertz CT molecular complexity index is 322. The monoisotopic (exact) mass is 194 g/mol. The standard InChI is InChI=1S/C10H11ClN2/c11-10-6-9(12-7-13-10)8-4-2-1-3-5-8/h1-2,6-8H,3-5H2. The molecule has 3 heteroatoms. The molecule has 0 radical (unpaired) electrons. The van der Waals surface area contributed by atoms with Gasteiger partial charge in [-0.05, 0) is 25.3 Å². The van der Waals surface area contributed by atoms with E-state index in [9.17, 15) is 0 Å². The van der Waals surface area contributed by atoms with Crippen LogP contribution >= 0.6 is 11.6 Å². The Morgan fingerprint density at radius 3 is 2.92 bits per heavy atom. The summed E-state index contributed by atoms with van der Waals surface area (Å²) in [6.07, 6.45) is 9.36. The molecule has 1 aliphatic carbocycles. The van der Waals surface area contributed by atoms with Gasteiger partial charge in [0.2, 0.25) is 0 Å². The van der Waals surface area contributed by atoms with Gasteiger partial charge in [-0.1, -0.05) is 23.8 Å². The first kappa shape index (κ1) is 8.70. The number of rotatable bonds is 1. The molecule has 13 heavy (non-hydrogen) atoms. The van der Waals surface area contributed by atoms with Gasteiger partial charge in [0, 0.05) is 11.6 Å². The maximum Gasteiger partial charge on any atom is 0.132 e. The molecule has 1 heterocycles. The molecular weight excluding hydrogens is 184 g/mol. The molecule has 2 nitrogen and oxygen atoms in total. The Morgan fingerprint density at radius 2 is 2.23 bits per heavy atom. The lowest BCUT2D eigenvalue weighted by molar-refractivity contribution is 0.599. The van der Waals surface area contributed by atoms with Crippen molar-refractivity contribution in [2.24, 2.45) is 0 Å². The Hall–Kier alpha value is -0.890. The van der Waals surface area contributed by atoms with Crippen LogP contribution in [0.25, 0.3) is 0 Å². The van der Waals surface area contributed by atoms with Gasteiger partial charge in [0.15, 0.2) is 0 Å². The summed E-state index contributed by atoms with van der Waals surface area (Å²) in [4.78, 5) is 8.10. The highest BCUT2D eigenvalue weighted by molar-refractivity contribution is 6.29. The fourth-order valence-corrected chi connectivity index (χ4v) is 1.79. The van der Waals surface area contributed by atoms with Crippen LogP contribution in [0.1, 0.15) is 30.9 Å². The van der Waals surface area contributed by atoms with Crippen molar-refractivity contribution in [2.75, 3.05) is 0 Å². The Kier molecular flexibility index (Phi) is 2.60. The minimum absolute atomic E-state index is 0.533. The SMILES string of the molecule is Clc1cc(C2CC=CCC2)ncn1. The third-order valence-electron chi connectivity index (χ3n) is 2.34. The Balaban J connectivity index is 2.20. The number of allylic oxidation sites excluding steroid dienone is 2. The number of hydrogen-bond acceptors (Lipinski definition) is 2. The van der Waals surface area contributed by atoms with Gasteiger partial charge in [0.1, 0.15) is 11.5 Å². The summed E-state index contributed by atoms with van der Waals surface area (Å²) in [5.74, 6) is 0.533. The summed E-state index contributed by atoms with van der Waals surface area (Å²) >= 11 is 5.79. The second kappa shape index (κ2) is 3.88. The maximum absolute atomic E-state index is 5.79. The van der Waals surface area contributed by atoms with Gasteiger partial charge >= 0.3 is 0 Å². The van der Waals surface area contributed by atoms with Crippen molar-refractivity contribution in [1.29, 1.82) is 0 Å². The van der Waals surface area contributed by atoms with E-state index in [4.69, 9.17) is 11.6 Å². The van der Waals surface area contributed by atoms with E-state index in [1.807, 2.05) is 6.07 Å². The highest BCUT2D eigenvalue weighted by Gasteiger charge is 2.13. The summed E-state index contributed by atoms with van der Waals surface area (Å²) < 4.78 is 0. The minimum Gasteiger partial charge on any atom is -0.241 e. The molecule has 0 N–H and O–H groups in total. The molecular formula is C10H11ClN2. The molecule has 1 atom stereocenters. The molecule has 0 bridgehead atoms. The predicted octanol–water partition coefficient (Wildman–Crippen LogP) is 2.95. The van der Waals surface area contributed by atoms with E-state index in [1.54, 1.807) is 0 Å². The van der Waals surface area contributed by atoms with E-state index >= 15 is 0 Å². The average molecular weight is 195 g/mol. The van der Waals surface area contributed by atoms with Gasteiger partial charge in [-0.2, -0.15) is 0 Å². The van der Waals surface area contributed by atoms with Gasteiger partial charge in [0.25, 0.3) is 0 Å². The van der Waals surface area contributed by atoms with Crippen LogP contribution in [0.15, 0.2) is 24.5 Å². The molecule has 0 amide bonds. The summed E-state index contributed by atoms with van der Waals surface area (Å²) in [7, 11) is 0. The summed E-state index contributed by atoms with van der Waals surface area (Å²) in [5.41, 5.74) is 1.07. The minimum atomic E-state index is 0.533. The molecule has 1 aromatic heterocycles. The van der Waals surface area contributed by atoms with E-state index in [0.717, 1.165) is 18.5 Å². The summed E-state index contributed by atoms with van der Waals surface area (Å²) in [6.45, 7) is 0. The third kappa shape index (κ3) is 2.07. The van der Waals surface area contributed by atoms with Crippen LogP contribution in [0.5, 0.6) is 0 Å². The average Bonchev–Trinajstić information content (AvgIpc) is 2.19. The number of aromatic nitrogens is 2. The van der Waals surface area contributed by atoms with Crippen LogP contribution in [-0.2, 0) is 0 Å². The van der Waals surface area contributed by atoms with Crippen molar-refractivity contribution in [1.82, 2.24) is 9.97 Å². The topological polar surface area (TPSA) is 25.8 Å². The largest absolute Gasteiger partial charge is 0.241 e. The van der Waals surface area contributed by atoms with Crippen molar-refractivity contribution in [3.05, 3.63) is 35.4 Å². The van der Waals surface area contributed by atoms with Gasteiger partial charge in [-0.25, -0.2) is 9.97 Å². The lowest BCUT2D eigenvalue weighted by Gasteiger charge is -2.16.